The lowest BCUT2D eigenvalue weighted by atomic mass is 10.2. The molecule has 1 aromatic carbocycles. The van der Waals surface area contributed by atoms with E-state index in [2.05, 4.69) is 4.74 Å². The minimum atomic E-state index is -4.43. The Morgan fingerprint density at radius 3 is 2.59 bits per heavy atom. The predicted molar refractivity (Wildman–Crippen MR) is 54.7 cm³/mol. The Bertz CT molecular complexity index is 424. The summed E-state index contributed by atoms with van der Waals surface area (Å²) in [6.07, 6.45) is -2.42. The fraction of sp³-hybridized carbons (Fsp3) is 0.182. The van der Waals surface area contributed by atoms with Crippen molar-refractivity contribution in [1.29, 1.82) is 0 Å². The number of carboxylic acids is 1. The summed E-state index contributed by atoms with van der Waals surface area (Å²) in [6, 6.07) is 5.88. The minimum Gasteiger partial charge on any atom is -0.484 e. The molecule has 0 bridgehead atoms. The lowest BCUT2D eigenvalue weighted by Crippen LogP contribution is -2.19. The fourth-order valence-electron chi connectivity index (χ4n) is 1.07. The summed E-state index contributed by atoms with van der Waals surface area (Å²) in [7, 11) is 0. The van der Waals surface area contributed by atoms with Crippen molar-refractivity contribution in [2.45, 2.75) is 6.18 Å². The molecule has 1 aromatic rings. The van der Waals surface area contributed by atoms with Crippen LogP contribution < -0.4 is 4.74 Å². The zero-order valence-corrected chi connectivity index (χ0v) is 8.57. The molecule has 0 atom stereocenters. The predicted octanol–water partition coefficient (Wildman–Crippen LogP) is 2.73. The first kappa shape index (κ1) is 13.1. The molecule has 0 saturated heterocycles. The number of carbonyl (C=O) groups is 1. The van der Waals surface area contributed by atoms with Gasteiger partial charge in [0.05, 0.1) is 0 Å². The van der Waals surface area contributed by atoms with E-state index in [1.165, 1.54) is 24.3 Å². The van der Waals surface area contributed by atoms with Gasteiger partial charge in [-0.2, -0.15) is 13.2 Å². The Labute approximate surface area is 95.1 Å². The van der Waals surface area contributed by atoms with E-state index in [-0.39, 0.29) is 11.3 Å². The van der Waals surface area contributed by atoms with E-state index in [9.17, 15) is 18.0 Å². The normalized spacial score (nSPS) is 11.7. The lowest BCUT2D eigenvalue weighted by Gasteiger charge is -2.10. The van der Waals surface area contributed by atoms with Crippen molar-refractivity contribution in [3.63, 3.8) is 0 Å². The topological polar surface area (TPSA) is 46.5 Å². The van der Waals surface area contributed by atoms with Crippen LogP contribution in [0.3, 0.4) is 0 Å². The van der Waals surface area contributed by atoms with Gasteiger partial charge in [0, 0.05) is 11.6 Å². The summed E-state index contributed by atoms with van der Waals surface area (Å²) in [5.74, 6) is -1.20. The molecule has 0 aliphatic heterocycles. The molecule has 0 spiro atoms. The second-order valence-electron chi connectivity index (χ2n) is 3.11. The third-order valence-corrected chi connectivity index (χ3v) is 1.72. The number of ether oxygens (including phenoxy) is 1. The van der Waals surface area contributed by atoms with E-state index >= 15 is 0 Å². The highest BCUT2D eigenvalue weighted by molar-refractivity contribution is 5.85. The number of hydrogen-bond acceptors (Lipinski definition) is 2. The highest BCUT2D eigenvalue weighted by Gasteiger charge is 2.28. The molecule has 1 N–H and O–H groups in total. The van der Waals surface area contributed by atoms with Gasteiger partial charge in [0.2, 0.25) is 0 Å². The molecule has 0 radical (unpaired) electrons. The maximum Gasteiger partial charge on any atom is 0.422 e. The van der Waals surface area contributed by atoms with Crippen molar-refractivity contribution in [3.8, 4) is 5.75 Å². The van der Waals surface area contributed by atoms with Crippen LogP contribution in [0.5, 0.6) is 5.75 Å². The summed E-state index contributed by atoms with van der Waals surface area (Å²) in [6.45, 7) is -1.41. The Kier molecular flexibility index (Phi) is 4.14. The van der Waals surface area contributed by atoms with Crippen molar-refractivity contribution < 1.29 is 27.8 Å². The second-order valence-corrected chi connectivity index (χ2v) is 3.11. The molecule has 0 aliphatic rings. The first-order valence-corrected chi connectivity index (χ1v) is 4.58. The molecule has 0 heterocycles. The van der Waals surface area contributed by atoms with Crippen LogP contribution in [-0.2, 0) is 4.79 Å². The SMILES string of the molecule is O=C(O)/C=C/c1ccccc1OCC(F)(F)F. The van der Waals surface area contributed by atoms with E-state index in [4.69, 9.17) is 5.11 Å². The van der Waals surface area contributed by atoms with Crippen molar-refractivity contribution in [1.82, 2.24) is 0 Å². The van der Waals surface area contributed by atoms with Gasteiger partial charge < -0.3 is 9.84 Å². The number of hydrogen-bond donors (Lipinski definition) is 1. The van der Waals surface area contributed by atoms with Gasteiger partial charge in [-0.05, 0) is 12.1 Å². The summed E-state index contributed by atoms with van der Waals surface area (Å²) < 4.78 is 40.4. The fourth-order valence-corrected chi connectivity index (χ4v) is 1.07. The van der Waals surface area contributed by atoms with Crippen molar-refractivity contribution in [2.75, 3.05) is 6.61 Å². The third-order valence-electron chi connectivity index (χ3n) is 1.72. The number of benzene rings is 1. The largest absolute Gasteiger partial charge is 0.484 e. The van der Waals surface area contributed by atoms with Gasteiger partial charge >= 0.3 is 12.1 Å². The average Bonchev–Trinajstić information content (AvgIpc) is 2.23. The Balaban J connectivity index is 2.81. The number of halogens is 3. The van der Waals surface area contributed by atoms with Crippen LogP contribution in [-0.4, -0.2) is 23.9 Å². The molecule has 0 aromatic heterocycles. The Morgan fingerprint density at radius 2 is 2.00 bits per heavy atom. The third kappa shape index (κ3) is 5.05. The number of alkyl halides is 3. The Morgan fingerprint density at radius 1 is 1.35 bits per heavy atom. The molecule has 92 valence electrons. The lowest BCUT2D eigenvalue weighted by molar-refractivity contribution is -0.153. The van der Waals surface area contributed by atoms with E-state index in [1.807, 2.05) is 0 Å². The van der Waals surface area contributed by atoms with Crippen LogP contribution in [0, 0.1) is 0 Å². The smallest absolute Gasteiger partial charge is 0.422 e. The van der Waals surface area contributed by atoms with Gasteiger partial charge in [-0.15, -0.1) is 0 Å². The van der Waals surface area contributed by atoms with Gasteiger partial charge in [0.25, 0.3) is 0 Å². The molecule has 0 aliphatic carbocycles. The van der Waals surface area contributed by atoms with Crippen LogP contribution in [0.2, 0.25) is 0 Å². The molecule has 0 unspecified atom stereocenters. The van der Waals surface area contributed by atoms with Crippen molar-refractivity contribution in [2.24, 2.45) is 0 Å². The quantitative estimate of drug-likeness (QED) is 0.831. The molecule has 0 amide bonds. The van der Waals surface area contributed by atoms with Gasteiger partial charge in [0.1, 0.15) is 5.75 Å². The first-order chi connectivity index (χ1) is 7.88. The van der Waals surface area contributed by atoms with E-state index < -0.39 is 18.8 Å². The molecular formula is C11H9F3O3. The zero-order valence-electron chi connectivity index (χ0n) is 8.57. The highest BCUT2D eigenvalue weighted by atomic mass is 19.4. The first-order valence-electron chi connectivity index (χ1n) is 4.58. The number of carboxylic acid groups (broad SMARTS) is 1. The number of aliphatic carboxylic acids is 1. The molecule has 17 heavy (non-hydrogen) atoms. The monoisotopic (exact) mass is 246 g/mol. The zero-order chi connectivity index (χ0) is 12.9. The molecule has 1 rings (SSSR count). The summed E-state index contributed by atoms with van der Waals surface area (Å²) >= 11 is 0. The maximum atomic E-state index is 11.9. The van der Waals surface area contributed by atoms with Gasteiger partial charge in [0.15, 0.2) is 6.61 Å². The standard InChI is InChI=1S/C11H9F3O3/c12-11(13,14)7-17-9-4-2-1-3-8(9)5-6-10(15)16/h1-6H,7H2,(H,15,16)/b6-5+. The summed E-state index contributed by atoms with van der Waals surface area (Å²) in [5.41, 5.74) is 0.277. The molecule has 6 heteroatoms. The van der Waals surface area contributed by atoms with Crippen molar-refractivity contribution in [3.05, 3.63) is 35.9 Å². The van der Waals surface area contributed by atoms with Crippen LogP contribution in [0.15, 0.2) is 30.3 Å². The minimum absolute atomic E-state index is 0.0117. The molecule has 3 nitrogen and oxygen atoms in total. The molecular weight excluding hydrogens is 237 g/mol. The van der Waals surface area contributed by atoms with Gasteiger partial charge in [-0.3, -0.25) is 0 Å². The van der Waals surface area contributed by atoms with E-state index in [0.29, 0.717) is 0 Å². The summed E-state index contributed by atoms with van der Waals surface area (Å²) in [4.78, 5) is 10.3. The molecule has 0 fully saturated rings. The van der Waals surface area contributed by atoms with Gasteiger partial charge in [-0.25, -0.2) is 4.79 Å². The second kappa shape index (κ2) is 5.38. The number of para-hydroxylation sites is 1. The Hall–Kier alpha value is -1.98. The van der Waals surface area contributed by atoms with E-state index in [0.717, 1.165) is 6.08 Å². The summed E-state index contributed by atoms with van der Waals surface area (Å²) in [5, 5.41) is 8.42. The van der Waals surface area contributed by atoms with Crippen LogP contribution >= 0.6 is 0 Å². The van der Waals surface area contributed by atoms with Crippen LogP contribution in [0.1, 0.15) is 5.56 Å². The van der Waals surface area contributed by atoms with Crippen LogP contribution in [0.25, 0.3) is 6.08 Å². The number of rotatable bonds is 4. The van der Waals surface area contributed by atoms with Crippen LogP contribution in [0.4, 0.5) is 13.2 Å². The maximum absolute atomic E-state index is 11.9. The van der Waals surface area contributed by atoms with Crippen molar-refractivity contribution >= 4 is 12.0 Å². The average molecular weight is 246 g/mol. The highest BCUT2D eigenvalue weighted by Crippen LogP contribution is 2.22. The van der Waals surface area contributed by atoms with E-state index in [1.54, 1.807) is 6.07 Å². The molecule has 0 saturated carbocycles. The van der Waals surface area contributed by atoms with Gasteiger partial charge in [-0.1, -0.05) is 18.2 Å².